The standard InChI is InChI=1S/C12H17N3O2S/c1-4-17-11-9(6-5-7-10(11)16-2)8-14-15-12(13)18-3/h5-8H,4H2,1-3H3,(H2,13,15)/b14-8-. The molecule has 1 aromatic carbocycles. The minimum atomic E-state index is 0.409. The van der Waals surface area contributed by atoms with E-state index in [0.29, 0.717) is 23.3 Å². The summed E-state index contributed by atoms with van der Waals surface area (Å²) in [4.78, 5) is 0. The maximum Gasteiger partial charge on any atom is 0.180 e. The number of methoxy groups -OCH3 is 1. The van der Waals surface area contributed by atoms with Crippen LogP contribution in [0, 0.1) is 0 Å². The number of hydrogen-bond donors (Lipinski definition) is 1. The van der Waals surface area contributed by atoms with Crippen molar-refractivity contribution in [2.24, 2.45) is 15.9 Å². The number of rotatable bonds is 5. The van der Waals surface area contributed by atoms with E-state index in [0.717, 1.165) is 5.56 Å². The highest BCUT2D eigenvalue weighted by atomic mass is 32.2. The van der Waals surface area contributed by atoms with Gasteiger partial charge in [-0.05, 0) is 25.3 Å². The number of hydrogen-bond acceptors (Lipinski definition) is 5. The molecule has 0 radical (unpaired) electrons. The zero-order valence-corrected chi connectivity index (χ0v) is 11.5. The first-order valence-electron chi connectivity index (χ1n) is 5.43. The monoisotopic (exact) mass is 267 g/mol. The number of amidine groups is 1. The third kappa shape index (κ3) is 3.96. The Labute approximate surface area is 111 Å². The molecule has 1 aromatic rings. The van der Waals surface area contributed by atoms with Crippen molar-refractivity contribution >= 4 is 23.1 Å². The summed E-state index contributed by atoms with van der Waals surface area (Å²) >= 11 is 1.34. The van der Waals surface area contributed by atoms with Crippen LogP contribution in [0.25, 0.3) is 0 Å². The van der Waals surface area contributed by atoms with Gasteiger partial charge >= 0.3 is 0 Å². The van der Waals surface area contributed by atoms with Gasteiger partial charge in [0.25, 0.3) is 0 Å². The molecular weight excluding hydrogens is 250 g/mol. The van der Waals surface area contributed by atoms with Gasteiger partial charge in [0.05, 0.1) is 19.9 Å². The van der Waals surface area contributed by atoms with Crippen molar-refractivity contribution in [1.29, 1.82) is 0 Å². The number of nitrogens with two attached hydrogens (primary N) is 1. The Morgan fingerprint density at radius 1 is 1.50 bits per heavy atom. The van der Waals surface area contributed by atoms with E-state index >= 15 is 0 Å². The summed E-state index contributed by atoms with van der Waals surface area (Å²) in [7, 11) is 1.60. The number of nitrogens with zero attached hydrogens (tertiary/aromatic N) is 2. The fraction of sp³-hybridized carbons (Fsp3) is 0.333. The van der Waals surface area contributed by atoms with Gasteiger partial charge in [-0.15, -0.1) is 5.10 Å². The summed E-state index contributed by atoms with van der Waals surface area (Å²) < 4.78 is 10.8. The highest BCUT2D eigenvalue weighted by Crippen LogP contribution is 2.29. The molecule has 98 valence electrons. The fourth-order valence-corrected chi connectivity index (χ4v) is 1.41. The molecule has 0 spiro atoms. The van der Waals surface area contributed by atoms with Crippen molar-refractivity contribution < 1.29 is 9.47 Å². The summed E-state index contributed by atoms with van der Waals surface area (Å²) in [6.45, 7) is 2.47. The van der Waals surface area contributed by atoms with Crippen molar-refractivity contribution in [1.82, 2.24) is 0 Å². The predicted octanol–water partition coefficient (Wildman–Crippen LogP) is 2.11. The van der Waals surface area contributed by atoms with Crippen LogP contribution >= 0.6 is 11.8 Å². The Morgan fingerprint density at radius 2 is 2.28 bits per heavy atom. The van der Waals surface area contributed by atoms with Crippen LogP contribution in [0.2, 0.25) is 0 Å². The molecule has 0 amide bonds. The zero-order valence-electron chi connectivity index (χ0n) is 10.7. The summed E-state index contributed by atoms with van der Waals surface area (Å²) in [5.74, 6) is 1.33. The lowest BCUT2D eigenvalue weighted by Gasteiger charge is -2.11. The van der Waals surface area contributed by atoms with Crippen LogP contribution in [-0.4, -0.2) is 31.4 Å². The first-order chi connectivity index (χ1) is 8.72. The van der Waals surface area contributed by atoms with Crippen LogP contribution in [0.3, 0.4) is 0 Å². The average molecular weight is 267 g/mol. The van der Waals surface area contributed by atoms with Gasteiger partial charge in [-0.1, -0.05) is 17.8 Å². The van der Waals surface area contributed by atoms with Gasteiger partial charge in [-0.25, -0.2) is 0 Å². The molecule has 0 saturated heterocycles. The third-order valence-corrected chi connectivity index (χ3v) is 2.58. The van der Waals surface area contributed by atoms with Gasteiger partial charge < -0.3 is 15.2 Å². The predicted molar refractivity (Wildman–Crippen MR) is 76.9 cm³/mol. The Balaban J connectivity index is 3.00. The molecule has 0 aliphatic rings. The van der Waals surface area contributed by atoms with Crippen LogP contribution in [0.5, 0.6) is 11.5 Å². The van der Waals surface area contributed by atoms with Crippen molar-refractivity contribution in [2.45, 2.75) is 6.92 Å². The fourth-order valence-electron chi connectivity index (χ4n) is 1.28. The van der Waals surface area contributed by atoms with E-state index in [4.69, 9.17) is 15.2 Å². The minimum absolute atomic E-state index is 0.409. The van der Waals surface area contributed by atoms with E-state index in [1.807, 2.05) is 31.4 Å². The van der Waals surface area contributed by atoms with Crippen LogP contribution in [-0.2, 0) is 0 Å². The first kappa shape index (κ1) is 14.4. The van der Waals surface area contributed by atoms with Crippen LogP contribution in [0.15, 0.2) is 28.4 Å². The highest BCUT2D eigenvalue weighted by molar-refractivity contribution is 8.13. The van der Waals surface area contributed by atoms with Crippen LogP contribution in [0.1, 0.15) is 12.5 Å². The van der Waals surface area contributed by atoms with Gasteiger partial charge in [-0.2, -0.15) is 5.10 Å². The summed E-state index contributed by atoms with van der Waals surface area (Å²) in [6.07, 6.45) is 3.43. The van der Waals surface area contributed by atoms with Crippen LogP contribution in [0.4, 0.5) is 0 Å². The smallest absolute Gasteiger partial charge is 0.180 e. The van der Waals surface area contributed by atoms with Crippen molar-refractivity contribution in [2.75, 3.05) is 20.0 Å². The molecule has 0 aromatic heterocycles. The molecule has 0 unspecified atom stereocenters. The van der Waals surface area contributed by atoms with E-state index in [1.165, 1.54) is 11.8 Å². The second kappa shape index (κ2) is 7.60. The molecule has 5 nitrogen and oxygen atoms in total. The molecule has 0 bridgehead atoms. The van der Waals surface area contributed by atoms with E-state index in [-0.39, 0.29) is 0 Å². The molecule has 0 aliphatic carbocycles. The summed E-state index contributed by atoms with van der Waals surface area (Å²) in [5, 5.41) is 8.15. The number of para-hydroxylation sites is 1. The summed E-state index contributed by atoms with van der Waals surface area (Å²) in [6, 6.07) is 5.58. The largest absolute Gasteiger partial charge is 0.493 e. The van der Waals surface area contributed by atoms with Crippen molar-refractivity contribution in [3.05, 3.63) is 23.8 Å². The lowest BCUT2D eigenvalue weighted by molar-refractivity contribution is 0.310. The van der Waals surface area contributed by atoms with Gasteiger partial charge in [0.1, 0.15) is 0 Å². The Bertz CT molecular complexity index is 447. The van der Waals surface area contributed by atoms with E-state index < -0.39 is 0 Å². The maximum absolute atomic E-state index is 5.54. The van der Waals surface area contributed by atoms with Crippen molar-refractivity contribution in [3.63, 3.8) is 0 Å². The van der Waals surface area contributed by atoms with Gasteiger partial charge in [-0.3, -0.25) is 0 Å². The molecule has 0 saturated carbocycles. The molecule has 1 rings (SSSR count). The Morgan fingerprint density at radius 3 is 2.89 bits per heavy atom. The van der Waals surface area contributed by atoms with Crippen molar-refractivity contribution in [3.8, 4) is 11.5 Å². The Kier molecular flexibility index (Phi) is 6.07. The lowest BCUT2D eigenvalue weighted by atomic mass is 10.2. The number of ether oxygens (including phenoxy) is 2. The molecule has 0 fully saturated rings. The molecular formula is C12H17N3O2S. The van der Waals surface area contributed by atoms with Gasteiger partial charge in [0.2, 0.25) is 0 Å². The number of benzene rings is 1. The quantitative estimate of drug-likeness (QED) is 0.504. The molecule has 18 heavy (non-hydrogen) atoms. The van der Waals surface area contributed by atoms with Gasteiger partial charge in [0.15, 0.2) is 16.7 Å². The van der Waals surface area contributed by atoms with E-state index in [2.05, 4.69) is 10.2 Å². The van der Waals surface area contributed by atoms with Crippen LogP contribution < -0.4 is 15.2 Å². The second-order valence-electron chi connectivity index (χ2n) is 3.20. The molecule has 0 heterocycles. The second-order valence-corrected chi connectivity index (χ2v) is 4.03. The highest BCUT2D eigenvalue weighted by Gasteiger charge is 2.07. The normalized spacial score (nSPS) is 11.8. The molecule has 6 heteroatoms. The lowest BCUT2D eigenvalue weighted by Crippen LogP contribution is -2.04. The number of thioether (sulfide) groups is 1. The van der Waals surface area contributed by atoms with E-state index in [1.54, 1.807) is 13.3 Å². The maximum atomic E-state index is 5.54. The average Bonchev–Trinajstić information content (AvgIpc) is 2.40. The SMILES string of the molecule is CCOc1c(/C=N\N=C(/N)SC)cccc1OC. The first-order valence-corrected chi connectivity index (χ1v) is 6.65. The minimum Gasteiger partial charge on any atom is -0.493 e. The molecule has 2 N–H and O–H groups in total. The topological polar surface area (TPSA) is 69.2 Å². The Hall–Kier alpha value is -1.69. The van der Waals surface area contributed by atoms with Gasteiger partial charge in [0, 0.05) is 5.56 Å². The zero-order chi connectivity index (χ0) is 13.4. The van der Waals surface area contributed by atoms with E-state index in [9.17, 15) is 0 Å². The molecule has 0 aliphatic heterocycles. The summed E-state index contributed by atoms with van der Waals surface area (Å²) in [5.41, 5.74) is 6.33. The third-order valence-electron chi connectivity index (χ3n) is 2.08. The molecule has 0 atom stereocenters.